The Morgan fingerprint density at radius 1 is 1.50 bits per heavy atom. The number of aryl methyl sites for hydroxylation is 1. The van der Waals surface area contributed by atoms with Gasteiger partial charge in [0.15, 0.2) is 0 Å². The minimum Gasteiger partial charge on any atom is -0.334 e. The van der Waals surface area contributed by atoms with Gasteiger partial charge in [0.05, 0.1) is 11.3 Å². The summed E-state index contributed by atoms with van der Waals surface area (Å²) in [5, 5.41) is 0. The zero-order valence-electron chi connectivity index (χ0n) is 12.5. The predicted molar refractivity (Wildman–Crippen MR) is 81.6 cm³/mol. The molecule has 0 bridgehead atoms. The maximum absolute atomic E-state index is 12.7. The molecule has 1 fully saturated rings. The highest BCUT2D eigenvalue weighted by molar-refractivity contribution is 6.00. The second-order valence-corrected chi connectivity index (χ2v) is 5.75. The van der Waals surface area contributed by atoms with Crippen LogP contribution in [0, 0.1) is 6.92 Å². The lowest BCUT2D eigenvalue weighted by atomic mass is 10.1. The molecular formula is C15H24N4O. The topological polar surface area (TPSA) is 61.6 Å². The van der Waals surface area contributed by atoms with Crippen molar-refractivity contribution in [2.45, 2.75) is 25.8 Å². The first-order valence-corrected chi connectivity index (χ1v) is 7.06. The minimum absolute atomic E-state index is 0.0716. The van der Waals surface area contributed by atoms with E-state index in [1.807, 2.05) is 44.1 Å². The van der Waals surface area contributed by atoms with Gasteiger partial charge < -0.3 is 15.2 Å². The Morgan fingerprint density at radius 2 is 2.25 bits per heavy atom. The summed E-state index contributed by atoms with van der Waals surface area (Å²) >= 11 is 0. The Morgan fingerprint density at radius 3 is 2.90 bits per heavy atom. The van der Waals surface area contributed by atoms with Gasteiger partial charge in [-0.1, -0.05) is 6.07 Å². The molecule has 1 aliphatic heterocycles. The number of hydrogen-bond donors (Lipinski definition) is 2. The SMILES string of the molecule is Cc1ccc(C(=O)N2CCCC2CN(C)C)c(NN)c1. The Bertz CT molecular complexity index is 487. The van der Waals surface area contributed by atoms with Gasteiger partial charge in [0.2, 0.25) is 0 Å². The number of hydrogen-bond acceptors (Lipinski definition) is 4. The average molecular weight is 276 g/mol. The highest BCUT2D eigenvalue weighted by atomic mass is 16.2. The van der Waals surface area contributed by atoms with Crippen LogP contribution in [0.25, 0.3) is 0 Å². The number of rotatable bonds is 4. The van der Waals surface area contributed by atoms with Gasteiger partial charge in [-0.2, -0.15) is 0 Å². The van der Waals surface area contributed by atoms with E-state index >= 15 is 0 Å². The van der Waals surface area contributed by atoms with Crippen LogP contribution in [0.1, 0.15) is 28.8 Å². The maximum atomic E-state index is 12.7. The summed E-state index contributed by atoms with van der Waals surface area (Å²) in [6, 6.07) is 6.01. The number of benzene rings is 1. The molecule has 1 aromatic carbocycles. The van der Waals surface area contributed by atoms with Gasteiger partial charge >= 0.3 is 0 Å². The van der Waals surface area contributed by atoms with Crippen molar-refractivity contribution >= 4 is 11.6 Å². The number of nitrogens with zero attached hydrogens (tertiary/aromatic N) is 2. The molecule has 1 unspecified atom stereocenters. The van der Waals surface area contributed by atoms with Crippen molar-refractivity contribution in [2.24, 2.45) is 5.84 Å². The summed E-state index contributed by atoms with van der Waals surface area (Å²) in [6.07, 6.45) is 2.14. The molecule has 1 saturated heterocycles. The summed E-state index contributed by atoms with van der Waals surface area (Å²) in [6.45, 7) is 3.72. The van der Waals surface area contributed by atoms with Crippen LogP contribution in [-0.2, 0) is 0 Å². The number of nitrogens with one attached hydrogen (secondary N) is 1. The quantitative estimate of drug-likeness (QED) is 0.645. The highest BCUT2D eigenvalue weighted by Crippen LogP contribution is 2.24. The van der Waals surface area contributed by atoms with Crippen molar-refractivity contribution in [3.63, 3.8) is 0 Å². The van der Waals surface area contributed by atoms with Gasteiger partial charge in [0.1, 0.15) is 0 Å². The molecule has 0 aliphatic carbocycles. The largest absolute Gasteiger partial charge is 0.334 e. The minimum atomic E-state index is 0.0716. The molecule has 5 nitrogen and oxygen atoms in total. The molecule has 20 heavy (non-hydrogen) atoms. The van der Waals surface area contributed by atoms with E-state index in [9.17, 15) is 4.79 Å². The van der Waals surface area contributed by atoms with Crippen LogP contribution in [0.3, 0.4) is 0 Å². The van der Waals surface area contributed by atoms with Gasteiger partial charge in [-0.15, -0.1) is 0 Å². The molecule has 1 amide bonds. The maximum Gasteiger partial charge on any atom is 0.256 e. The van der Waals surface area contributed by atoms with Crippen LogP contribution in [0.5, 0.6) is 0 Å². The molecule has 0 spiro atoms. The third-order valence-electron chi connectivity index (χ3n) is 3.77. The van der Waals surface area contributed by atoms with Crippen LogP contribution < -0.4 is 11.3 Å². The van der Waals surface area contributed by atoms with E-state index in [1.165, 1.54) is 0 Å². The van der Waals surface area contributed by atoms with E-state index in [0.29, 0.717) is 17.3 Å². The fourth-order valence-electron chi connectivity index (χ4n) is 2.83. The van der Waals surface area contributed by atoms with Crippen molar-refractivity contribution in [3.05, 3.63) is 29.3 Å². The molecule has 1 aromatic rings. The summed E-state index contributed by atoms with van der Waals surface area (Å²) in [4.78, 5) is 16.9. The number of anilines is 1. The summed E-state index contributed by atoms with van der Waals surface area (Å²) in [7, 11) is 4.08. The second-order valence-electron chi connectivity index (χ2n) is 5.75. The third kappa shape index (κ3) is 3.11. The standard InChI is InChI=1S/C15H24N4O/c1-11-6-7-13(14(9-11)17-16)15(20)19-8-4-5-12(19)10-18(2)3/h6-7,9,12,17H,4-5,8,10,16H2,1-3H3. The van der Waals surface area contributed by atoms with Gasteiger partial charge in [0.25, 0.3) is 5.91 Å². The van der Waals surface area contributed by atoms with Crippen LogP contribution in [-0.4, -0.2) is 48.9 Å². The molecular weight excluding hydrogens is 252 g/mol. The first-order valence-electron chi connectivity index (χ1n) is 7.06. The van der Waals surface area contributed by atoms with Crippen molar-refractivity contribution in [2.75, 3.05) is 32.6 Å². The molecule has 0 saturated carbocycles. The molecule has 1 aliphatic rings. The van der Waals surface area contributed by atoms with E-state index in [2.05, 4.69) is 10.3 Å². The Kier molecular flexibility index (Phi) is 4.62. The lowest BCUT2D eigenvalue weighted by molar-refractivity contribution is 0.0717. The molecule has 1 atom stereocenters. The predicted octanol–water partition coefficient (Wildman–Crippen LogP) is 1.45. The first kappa shape index (κ1) is 14.8. The molecule has 1 heterocycles. The summed E-state index contributed by atoms with van der Waals surface area (Å²) in [5.74, 6) is 5.61. The summed E-state index contributed by atoms with van der Waals surface area (Å²) < 4.78 is 0. The van der Waals surface area contributed by atoms with Crippen LogP contribution >= 0.6 is 0 Å². The zero-order valence-corrected chi connectivity index (χ0v) is 12.5. The van der Waals surface area contributed by atoms with Gasteiger partial charge in [0, 0.05) is 19.1 Å². The van der Waals surface area contributed by atoms with Crippen LogP contribution in [0.15, 0.2) is 18.2 Å². The van der Waals surface area contributed by atoms with Crippen molar-refractivity contribution < 1.29 is 4.79 Å². The third-order valence-corrected chi connectivity index (χ3v) is 3.77. The first-order chi connectivity index (χ1) is 9.52. The monoisotopic (exact) mass is 276 g/mol. The van der Waals surface area contributed by atoms with Crippen LogP contribution in [0.2, 0.25) is 0 Å². The molecule has 3 N–H and O–H groups in total. The number of carbonyl (C=O) groups is 1. The van der Waals surface area contributed by atoms with Gasteiger partial charge in [-0.3, -0.25) is 10.6 Å². The Labute approximate surface area is 120 Å². The van der Waals surface area contributed by atoms with E-state index < -0.39 is 0 Å². The smallest absolute Gasteiger partial charge is 0.256 e. The second kappa shape index (κ2) is 6.24. The van der Waals surface area contributed by atoms with Crippen molar-refractivity contribution in [3.8, 4) is 0 Å². The normalized spacial score (nSPS) is 18.6. The highest BCUT2D eigenvalue weighted by Gasteiger charge is 2.30. The van der Waals surface area contributed by atoms with Gasteiger partial charge in [-0.25, -0.2) is 0 Å². The number of hydrazine groups is 1. The Balaban J connectivity index is 2.22. The van der Waals surface area contributed by atoms with E-state index in [-0.39, 0.29) is 5.91 Å². The summed E-state index contributed by atoms with van der Waals surface area (Å²) in [5.41, 5.74) is 5.08. The van der Waals surface area contributed by atoms with Crippen molar-refractivity contribution in [1.29, 1.82) is 0 Å². The Hall–Kier alpha value is -1.59. The number of likely N-dealkylation sites (N-methyl/N-ethyl adjacent to an activating group) is 1. The molecule has 2 rings (SSSR count). The molecule has 110 valence electrons. The zero-order chi connectivity index (χ0) is 14.7. The van der Waals surface area contributed by atoms with Crippen molar-refractivity contribution in [1.82, 2.24) is 9.80 Å². The average Bonchev–Trinajstić information content (AvgIpc) is 2.85. The van der Waals surface area contributed by atoms with E-state index in [1.54, 1.807) is 0 Å². The fraction of sp³-hybridized carbons (Fsp3) is 0.533. The molecule has 5 heteroatoms. The van der Waals surface area contributed by atoms with Gasteiger partial charge in [-0.05, 0) is 51.6 Å². The molecule has 0 radical (unpaired) electrons. The number of nitrogen functional groups attached to an aromatic ring is 1. The lowest BCUT2D eigenvalue weighted by Gasteiger charge is -2.28. The number of carbonyl (C=O) groups excluding carboxylic acids is 1. The van der Waals surface area contributed by atoms with E-state index in [4.69, 9.17) is 5.84 Å². The van der Waals surface area contributed by atoms with E-state index in [0.717, 1.165) is 31.5 Å². The number of amides is 1. The van der Waals surface area contributed by atoms with Crippen LogP contribution in [0.4, 0.5) is 5.69 Å². The lowest BCUT2D eigenvalue weighted by Crippen LogP contribution is -2.41. The molecule has 0 aromatic heterocycles. The number of nitrogens with two attached hydrogens (primary N) is 1. The number of likely N-dealkylation sites (tertiary alicyclic amines) is 1. The fourth-order valence-corrected chi connectivity index (χ4v) is 2.83.